The first-order chi connectivity index (χ1) is 6.11. The minimum atomic E-state index is -0.417. The highest BCUT2D eigenvalue weighted by molar-refractivity contribution is 5.95. The van der Waals surface area contributed by atoms with Crippen molar-refractivity contribution in [3.8, 4) is 0 Å². The Morgan fingerprint density at radius 1 is 1.46 bits per heavy atom. The van der Waals surface area contributed by atoms with Crippen molar-refractivity contribution < 1.29 is 14.3 Å². The van der Waals surface area contributed by atoms with Crippen LogP contribution in [-0.4, -0.2) is 24.3 Å². The van der Waals surface area contributed by atoms with Crippen molar-refractivity contribution in [3.63, 3.8) is 0 Å². The molecule has 0 unspecified atom stereocenters. The van der Waals surface area contributed by atoms with Gasteiger partial charge in [-0.3, -0.25) is 4.79 Å². The summed E-state index contributed by atoms with van der Waals surface area (Å²) in [4.78, 5) is 24.6. The van der Waals surface area contributed by atoms with Gasteiger partial charge < -0.3 is 9.72 Å². The van der Waals surface area contributed by atoms with E-state index in [0.717, 1.165) is 0 Å². The van der Waals surface area contributed by atoms with Crippen LogP contribution in [0, 0.1) is 13.8 Å². The number of carbonyl (C=O) groups excluding carboxylic acids is 2. The van der Waals surface area contributed by atoms with Gasteiger partial charge in [0.25, 0.3) is 0 Å². The molecule has 0 saturated carbocycles. The zero-order valence-electron chi connectivity index (χ0n) is 7.80. The number of H-pyrrole nitrogens is 1. The molecule has 0 aliphatic heterocycles. The minimum absolute atomic E-state index is 0.417. The second-order valence-electron chi connectivity index (χ2n) is 2.77. The van der Waals surface area contributed by atoms with Crippen LogP contribution in [0.2, 0.25) is 0 Å². The number of aryl methyl sites for hydroxylation is 1. The summed E-state index contributed by atoms with van der Waals surface area (Å²) in [6.07, 6.45) is 0.689. The topological polar surface area (TPSA) is 59.2 Å². The zero-order valence-corrected chi connectivity index (χ0v) is 7.80. The highest BCUT2D eigenvalue weighted by Gasteiger charge is 2.17. The Balaban J connectivity index is 3.28. The molecule has 13 heavy (non-hydrogen) atoms. The van der Waals surface area contributed by atoms with E-state index in [1.54, 1.807) is 13.8 Å². The fraction of sp³-hybridized carbons (Fsp3) is 0.333. The zero-order chi connectivity index (χ0) is 10.0. The number of aldehydes is 1. The number of rotatable bonds is 2. The van der Waals surface area contributed by atoms with Crippen molar-refractivity contribution in [1.82, 2.24) is 4.98 Å². The van der Waals surface area contributed by atoms with E-state index in [2.05, 4.69) is 9.72 Å². The number of esters is 1. The van der Waals surface area contributed by atoms with Crippen LogP contribution in [0.4, 0.5) is 0 Å². The van der Waals surface area contributed by atoms with Gasteiger partial charge in [0.2, 0.25) is 0 Å². The van der Waals surface area contributed by atoms with Gasteiger partial charge in [0, 0.05) is 5.69 Å². The minimum Gasteiger partial charge on any atom is -0.465 e. The molecular weight excluding hydrogens is 170 g/mol. The summed E-state index contributed by atoms with van der Waals surface area (Å²) >= 11 is 0. The Bertz CT molecular complexity index is 352. The van der Waals surface area contributed by atoms with Gasteiger partial charge in [-0.05, 0) is 19.4 Å². The van der Waals surface area contributed by atoms with Crippen LogP contribution in [0.3, 0.4) is 0 Å². The molecule has 4 nitrogen and oxygen atoms in total. The molecule has 0 bridgehead atoms. The van der Waals surface area contributed by atoms with E-state index in [9.17, 15) is 9.59 Å². The number of carbonyl (C=O) groups is 2. The molecule has 0 aliphatic rings. The maximum atomic E-state index is 11.2. The summed E-state index contributed by atoms with van der Waals surface area (Å²) < 4.78 is 4.58. The van der Waals surface area contributed by atoms with Crippen molar-refractivity contribution in [3.05, 3.63) is 22.5 Å². The summed E-state index contributed by atoms with van der Waals surface area (Å²) in [6.45, 7) is 3.44. The maximum absolute atomic E-state index is 11.2. The Hall–Kier alpha value is -1.58. The molecule has 1 heterocycles. The largest absolute Gasteiger partial charge is 0.465 e. The van der Waals surface area contributed by atoms with E-state index < -0.39 is 5.97 Å². The standard InChI is InChI=1S/C9H11NO3/c1-5-7(4-11)10-6(2)8(5)9(12)13-3/h4,10H,1-3H3. The van der Waals surface area contributed by atoms with Crippen LogP contribution < -0.4 is 0 Å². The smallest absolute Gasteiger partial charge is 0.339 e. The molecule has 0 saturated heterocycles. The maximum Gasteiger partial charge on any atom is 0.339 e. The van der Waals surface area contributed by atoms with Crippen LogP contribution in [0.15, 0.2) is 0 Å². The van der Waals surface area contributed by atoms with Gasteiger partial charge in [-0.15, -0.1) is 0 Å². The third-order valence-corrected chi connectivity index (χ3v) is 1.98. The SMILES string of the molecule is COC(=O)c1c(C)[nH]c(C=O)c1C. The number of hydrogen-bond donors (Lipinski definition) is 1. The van der Waals surface area contributed by atoms with E-state index in [1.165, 1.54) is 7.11 Å². The lowest BCUT2D eigenvalue weighted by Crippen LogP contribution is -2.03. The second-order valence-corrected chi connectivity index (χ2v) is 2.77. The van der Waals surface area contributed by atoms with Crippen LogP contribution >= 0.6 is 0 Å². The van der Waals surface area contributed by atoms with Crippen LogP contribution in [-0.2, 0) is 4.74 Å². The van der Waals surface area contributed by atoms with Gasteiger partial charge in [-0.2, -0.15) is 0 Å². The van der Waals surface area contributed by atoms with Crippen molar-refractivity contribution in [2.24, 2.45) is 0 Å². The fourth-order valence-corrected chi connectivity index (χ4v) is 1.30. The normalized spacial score (nSPS) is 9.77. The average molecular weight is 181 g/mol. The first kappa shape index (κ1) is 9.51. The summed E-state index contributed by atoms with van der Waals surface area (Å²) in [6, 6.07) is 0. The number of hydrogen-bond acceptors (Lipinski definition) is 3. The molecule has 0 atom stereocenters. The molecule has 1 aromatic heterocycles. The lowest BCUT2D eigenvalue weighted by Gasteiger charge is -1.98. The number of nitrogens with one attached hydrogen (secondary N) is 1. The third kappa shape index (κ3) is 1.47. The molecule has 0 spiro atoms. The quantitative estimate of drug-likeness (QED) is 0.551. The van der Waals surface area contributed by atoms with Crippen molar-refractivity contribution in [2.75, 3.05) is 7.11 Å². The van der Waals surface area contributed by atoms with E-state index in [0.29, 0.717) is 28.8 Å². The Morgan fingerprint density at radius 2 is 2.08 bits per heavy atom. The van der Waals surface area contributed by atoms with Gasteiger partial charge in [-0.25, -0.2) is 4.79 Å². The van der Waals surface area contributed by atoms with Crippen LogP contribution in [0.1, 0.15) is 32.1 Å². The molecule has 0 radical (unpaired) electrons. The van der Waals surface area contributed by atoms with E-state index >= 15 is 0 Å². The summed E-state index contributed by atoms with van der Waals surface area (Å²) in [5.41, 5.74) is 2.17. The molecule has 70 valence electrons. The number of aromatic amines is 1. The summed E-state index contributed by atoms with van der Waals surface area (Å²) in [5, 5.41) is 0. The molecule has 0 aromatic carbocycles. The molecule has 1 N–H and O–H groups in total. The molecule has 0 aliphatic carbocycles. The number of methoxy groups -OCH3 is 1. The Kier molecular flexibility index (Phi) is 2.51. The van der Waals surface area contributed by atoms with Gasteiger partial charge >= 0.3 is 5.97 Å². The predicted molar refractivity (Wildman–Crippen MR) is 47.0 cm³/mol. The number of ether oxygens (including phenoxy) is 1. The number of aromatic nitrogens is 1. The lowest BCUT2D eigenvalue weighted by molar-refractivity contribution is 0.0599. The lowest BCUT2D eigenvalue weighted by atomic mass is 10.1. The molecule has 1 rings (SSSR count). The van der Waals surface area contributed by atoms with Gasteiger partial charge in [0.15, 0.2) is 6.29 Å². The molecule has 1 aromatic rings. The fourth-order valence-electron chi connectivity index (χ4n) is 1.30. The third-order valence-electron chi connectivity index (χ3n) is 1.98. The first-order valence-electron chi connectivity index (χ1n) is 3.84. The van der Waals surface area contributed by atoms with Crippen LogP contribution in [0.5, 0.6) is 0 Å². The Morgan fingerprint density at radius 3 is 2.46 bits per heavy atom. The molecule has 4 heteroatoms. The van der Waals surface area contributed by atoms with E-state index in [1.807, 2.05) is 0 Å². The van der Waals surface area contributed by atoms with Crippen molar-refractivity contribution >= 4 is 12.3 Å². The first-order valence-corrected chi connectivity index (χ1v) is 3.84. The monoisotopic (exact) mass is 181 g/mol. The predicted octanol–water partition coefficient (Wildman–Crippen LogP) is 1.23. The van der Waals surface area contributed by atoms with E-state index in [-0.39, 0.29) is 0 Å². The second kappa shape index (κ2) is 3.43. The van der Waals surface area contributed by atoms with Gasteiger partial charge in [-0.1, -0.05) is 0 Å². The summed E-state index contributed by atoms with van der Waals surface area (Å²) in [7, 11) is 1.31. The molecule has 0 amide bonds. The van der Waals surface area contributed by atoms with Gasteiger partial charge in [0.1, 0.15) is 0 Å². The summed E-state index contributed by atoms with van der Waals surface area (Å²) in [5.74, 6) is -0.417. The van der Waals surface area contributed by atoms with E-state index in [4.69, 9.17) is 0 Å². The highest BCUT2D eigenvalue weighted by atomic mass is 16.5. The molecule has 0 fully saturated rings. The average Bonchev–Trinajstić information content (AvgIpc) is 2.40. The highest BCUT2D eigenvalue weighted by Crippen LogP contribution is 2.16. The van der Waals surface area contributed by atoms with Crippen LogP contribution in [0.25, 0.3) is 0 Å². The van der Waals surface area contributed by atoms with Crippen molar-refractivity contribution in [2.45, 2.75) is 13.8 Å². The Labute approximate surface area is 75.9 Å². The van der Waals surface area contributed by atoms with Gasteiger partial charge in [0.05, 0.1) is 18.4 Å². The van der Waals surface area contributed by atoms with Crippen molar-refractivity contribution in [1.29, 1.82) is 0 Å². The molecular formula is C9H11NO3.